The van der Waals surface area contributed by atoms with Crippen LogP contribution in [0.15, 0.2) is 53.1 Å². The molecule has 1 aromatic heterocycles. The second-order valence-electron chi connectivity index (χ2n) is 4.79. The Morgan fingerprint density at radius 2 is 1.94 bits per heavy atom. The van der Waals surface area contributed by atoms with E-state index in [-0.39, 0.29) is 5.54 Å². The fraction of sp³-hybridized carbons (Fsp3) is 0.333. The maximum atomic E-state index is 6.31. The van der Waals surface area contributed by atoms with Gasteiger partial charge in [0.15, 0.2) is 0 Å². The minimum atomic E-state index is -0.343. The highest BCUT2D eigenvalue weighted by atomic mass is 16.3. The average molecular weight is 244 g/mol. The molecular formula is C15H20N2O. The van der Waals surface area contributed by atoms with Gasteiger partial charge in [-0.05, 0) is 24.6 Å². The first-order chi connectivity index (χ1) is 8.68. The van der Waals surface area contributed by atoms with Crippen molar-refractivity contribution in [1.82, 2.24) is 5.32 Å². The van der Waals surface area contributed by atoms with Gasteiger partial charge in [-0.1, -0.05) is 30.3 Å². The molecule has 1 atom stereocenters. The molecule has 1 unspecified atom stereocenters. The van der Waals surface area contributed by atoms with Gasteiger partial charge in [0.25, 0.3) is 0 Å². The number of benzene rings is 1. The van der Waals surface area contributed by atoms with E-state index >= 15 is 0 Å². The Morgan fingerprint density at radius 3 is 2.61 bits per heavy atom. The lowest BCUT2D eigenvalue weighted by molar-refractivity contribution is 0.436. The van der Waals surface area contributed by atoms with Crippen LogP contribution >= 0.6 is 0 Å². The molecule has 3 N–H and O–H groups in total. The maximum Gasteiger partial charge on any atom is 0.105 e. The molecular weight excluding hydrogens is 224 g/mol. The Morgan fingerprint density at radius 1 is 1.17 bits per heavy atom. The molecule has 0 aliphatic rings. The number of nitrogens with one attached hydrogen (secondary N) is 1. The SMILES string of the molecule is CC(N)(CNCCc1ccco1)c1ccccc1. The molecule has 2 rings (SSSR count). The molecule has 18 heavy (non-hydrogen) atoms. The monoisotopic (exact) mass is 244 g/mol. The highest BCUT2D eigenvalue weighted by Crippen LogP contribution is 2.15. The molecule has 0 bridgehead atoms. The van der Waals surface area contributed by atoms with Crippen LogP contribution in [0.25, 0.3) is 0 Å². The van der Waals surface area contributed by atoms with Crippen LogP contribution in [0.5, 0.6) is 0 Å². The predicted molar refractivity (Wildman–Crippen MR) is 73.3 cm³/mol. The molecule has 0 fully saturated rings. The number of rotatable bonds is 6. The zero-order valence-electron chi connectivity index (χ0n) is 10.7. The van der Waals surface area contributed by atoms with Crippen molar-refractivity contribution in [3.05, 3.63) is 60.1 Å². The van der Waals surface area contributed by atoms with Crippen LogP contribution in [0.3, 0.4) is 0 Å². The van der Waals surface area contributed by atoms with Gasteiger partial charge in [-0.2, -0.15) is 0 Å². The van der Waals surface area contributed by atoms with E-state index in [1.54, 1.807) is 6.26 Å². The predicted octanol–water partition coefficient (Wildman–Crippen LogP) is 2.29. The lowest BCUT2D eigenvalue weighted by Crippen LogP contribution is -2.43. The van der Waals surface area contributed by atoms with E-state index in [1.165, 1.54) is 0 Å². The molecule has 2 aromatic rings. The summed E-state index contributed by atoms with van der Waals surface area (Å²) in [6, 6.07) is 14.1. The van der Waals surface area contributed by atoms with E-state index in [9.17, 15) is 0 Å². The first kappa shape index (κ1) is 12.9. The summed E-state index contributed by atoms with van der Waals surface area (Å²) in [5.74, 6) is 1.00. The summed E-state index contributed by atoms with van der Waals surface area (Å²) in [7, 11) is 0. The topological polar surface area (TPSA) is 51.2 Å². The van der Waals surface area contributed by atoms with Crippen LogP contribution in [0.2, 0.25) is 0 Å². The average Bonchev–Trinajstić information content (AvgIpc) is 2.89. The fourth-order valence-corrected chi connectivity index (χ4v) is 1.94. The zero-order valence-corrected chi connectivity index (χ0v) is 10.7. The van der Waals surface area contributed by atoms with E-state index < -0.39 is 0 Å². The summed E-state index contributed by atoms with van der Waals surface area (Å²) in [5.41, 5.74) is 7.12. The van der Waals surface area contributed by atoms with Crippen LogP contribution in [0.1, 0.15) is 18.2 Å². The summed E-state index contributed by atoms with van der Waals surface area (Å²) < 4.78 is 5.28. The van der Waals surface area contributed by atoms with Gasteiger partial charge in [-0.3, -0.25) is 0 Å². The van der Waals surface area contributed by atoms with Crippen molar-refractivity contribution >= 4 is 0 Å². The molecule has 96 valence electrons. The summed E-state index contributed by atoms with van der Waals surface area (Å²) in [4.78, 5) is 0. The van der Waals surface area contributed by atoms with E-state index in [0.29, 0.717) is 0 Å². The van der Waals surface area contributed by atoms with E-state index in [1.807, 2.05) is 37.3 Å². The molecule has 3 heteroatoms. The third-order valence-corrected chi connectivity index (χ3v) is 3.05. The van der Waals surface area contributed by atoms with Crippen molar-refractivity contribution in [2.45, 2.75) is 18.9 Å². The maximum absolute atomic E-state index is 6.31. The molecule has 0 aliphatic heterocycles. The molecule has 1 aromatic carbocycles. The Hall–Kier alpha value is -1.58. The second-order valence-corrected chi connectivity index (χ2v) is 4.79. The molecule has 0 saturated carbocycles. The van der Waals surface area contributed by atoms with Gasteiger partial charge in [0.05, 0.1) is 11.8 Å². The van der Waals surface area contributed by atoms with E-state index in [2.05, 4.69) is 17.4 Å². The third kappa shape index (κ3) is 3.45. The van der Waals surface area contributed by atoms with Crippen molar-refractivity contribution in [3.63, 3.8) is 0 Å². The standard InChI is InChI=1S/C15H20N2O/c1-15(16,13-6-3-2-4-7-13)12-17-10-9-14-8-5-11-18-14/h2-8,11,17H,9-10,12,16H2,1H3. The molecule has 0 amide bonds. The van der Waals surface area contributed by atoms with Crippen molar-refractivity contribution in [2.24, 2.45) is 5.73 Å². The minimum absolute atomic E-state index is 0.343. The molecule has 0 aliphatic carbocycles. The van der Waals surface area contributed by atoms with Crippen LogP contribution in [-0.4, -0.2) is 13.1 Å². The summed E-state index contributed by atoms with van der Waals surface area (Å²) in [5, 5.41) is 3.38. The smallest absolute Gasteiger partial charge is 0.105 e. The van der Waals surface area contributed by atoms with Gasteiger partial charge < -0.3 is 15.5 Å². The van der Waals surface area contributed by atoms with Crippen LogP contribution < -0.4 is 11.1 Å². The molecule has 1 heterocycles. The Balaban J connectivity index is 1.79. The van der Waals surface area contributed by atoms with Gasteiger partial charge in [0, 0.05) is 19.5 Å². The second kappa shape index (κ2) is 5.85. The number of hydrogen-bond acceptors (Lipinski definition) is 3. The molecule has 3 nitrogen and oxygen atoms in total. The third-order valence-electron chi connectivity index (χ3n) is 3.05. The molecule has 0 spiro atoms. The highest BCUT2D eigenvalue weighted by Gasteiger charge is 2.19. The number of hydrogen-bond donors (Lipinski definition) is 2. The molecule has 0 radical (unpaired) electrons. The van der Waals surface area contributed by atoms with Crippen LogP contribution in [-0.2, 0) is 12.0 Å². The summed E-state index contributed by atoms with van der Waals surface area (Å²) in [6.07, 6.45) is 2.59. The first-order valence-electron chi connectivity index (χ1n) is 6.26. The van der Waals surface area contributed by atoms with E-state index in [4.69, 9.17) is 10.2 Å². The molecule has 0 saturated heterocycles. The van der Waals surface area contributed by atoms with E-state index in [0.717, 1.165) is 30.8 Å². The largest absolute Gasteiger partial charge is 0.469 e. The Bertz CT molecular complexity index is 449. The van der Waals surface area contributed by atoms with Gasteiger partial charge in [0.2, 0.25) is 0 Å². The Kier molecular flexibility index (Phi) is 4.18. The van der Waals surface area contributed by atoms with Gasteiger partial charge >= 0.3 is 0 Å². The highest BCUT2D eigenvalue weighted by molar-refractivity contribution is 5.23. The quantitative estimate of drug-likeness (QED) is 0.766. The Labute approximate surface area is 108 Å². The summed E-state index contributed by atoms with van der Waals surface area (Å²) >= 11 is 0. The fourth-order valence-electron chi connectivity index (χ4n) is 1.94. The first-order valence-corrected chi connectivity index (χ1v) is 6.26. The number of furan rings is 1. The van der Waals surface area contributed by atoms with Gasteiger partial charge in [0.1, 0.15) is 5.76 Å². The van der Waals surface area contributed by atoms with Crippen LogP contribution in [0, 0.1) is 0 Å². The lowest BCUT2D eigenvalue weighted by Gasteiger charge is -2.25. The van der Waals surface area contributed by atoms with Crippen molar-refractivity contribution < 1.29 is 4.42 Å². The van der Waals surface area contributed by atoms with Crippen molar-refractivity contribution in [1.29, 1.82) is 0 Å². The summed E-state index contributed by atoms with van der Waals surface area (Å²) in [6.45, 7) is 3.66. The normalized spacial score (nSPS) is 14.3. The van der Waals surface area contributed by atoms with Crippen molar-refractivity contribution in [3.8, 4) is 0 Å². The zero-order chi connectivity index (χ0) is 12.8. The number of nitrogens with two attached hydrogens (primary N) is 1. The van der Waals surface area contributed by atoms with Gasteiger partial charge in [-0.25, -0.2) is 0 Å². The van der Waals surface area contributed by atoms with Crippen molar-refractivity contribution in [2.75, 3.05) is 13.1 Å². The lowest BCUT2D eigenvalue weighted by atomic mass is 9.93. The minimum Gasteiger partial charge on any atom is -0.469 e. The van der Waals surface area contributed by atoms with Gasteiger partial charge in [-0.15, -0.1) is 0 Å². The van der Waals surface area contributed by atoms with Crippen LogP contribution in [0.4, 0.5) is 0 Å².